The number of carbonyl (C=O) groups is 1. The Morgan fingerprint density at radius 1 is 1.04 bits per heavy atom. The number of carbonyl (C=O) groups excluding carboxylic acids is 1. The van der Waals surface area contributed by atoms with Crippen molar-refractivity contribution >= 4 is 34.9 Å². The van der Waals surface area contributed by atoms with Gasteiger partial charge in [-0.05, 0) is 31.2 Å². The van der Waals surface area contributed by atoms with Crippen LogP contribution in [0.4, 0.5) is 17.3 Å². The lowest BCUT2D eigenvalue weighted by molar-refractivity contribution is 0.0525. The monoisotopic (exact) mass is 353 g/mol. The van der Waals surface area contributed by atoms with E-state index in [1.807, 2.05) is 53.4 Å². The fourth-order valence-corrected chi connectivity index (χ4v) is 2.55. The molecule has 0 atom stereocenters. The van der Waals surface area contributed by atoms with E-state index < -0.39 is 5.97 Å². The van der Waals surface area contributed by atoms with Gasteiger partial charge in [-0.1, -0.05) is 41.9 Å². The van der Waals surface area contributed by atoms with Gasteiger partial charge in [0.05, 0.1) is 22.9 Å². The first-order valence-electron chi connectivity index (χ1n) is 7.79. The van der Waals surface area contributed by atoms with E-state index in [-0.39, 0.29) is 0 Å². The first-order valence-corrected chi connectivity index (χ1v) is 8.17. The summed E-state index contributed by atoms with van der Waals surface area (Å²) >= 11 is 6.37. The maximum Gasteiger partial charge on any atom is 0.341 e. The highest BCUT2D eigenvalue weighted by atomic mass is 35.5. The Labute approximate surface area is 150 Å². The molecule has 3 rings (SSSR count). The van der Waals surface area contributed by atoms with Gasteiger partial charge in [-0.15, -0.1) is 0 Å². The average Bonchev–Trinajstić information content (AvgIpc) is 2.65. The summed E-state index contributed by atoms with van der Waals surface area (Å²) in [5.74, 6) is -0.0367. The van der Waals surface area contributed by atoms with Crippen molar-refractivity contribution in [3.05, 3.63) is 77.6 Å². The maximum atomic E-state index is 11.8. The molecular formula is C19H16ClN3O2. The van der Waals surface area contributed by atoms with Crippen LogP contribution in [0, 0.1) is 0 Å². The molecule has 0 bridgehead atoms. The van der Waals surface area contributed by atoms with Crippen molar-refractivity contribution in [3.8, 4) is 0 Å². The zero-order chi connectivity index (χ0) is 17.6. The highest BCUT2D eigenvalue weighted by Gasteiger charge is 2.18. The Kier molecular flexibility index (Phi) is 5.26. The molecule has 0 aliphatic rings. The van der Waals surface area contributed by atoms with Gasteiger partial charge in [-0.3, -0.25) is 4.90 Å². The van der Waals surface area contributed by atoms with E-state index in [9.17, 15) is 4.79 Å². The molecule has 5 nitrogen and oxygen atoms in total. The summed E-state index contributed by atoms with van der Waals surface area (Å²) in [6, 6.07) is 17.1. The van der Waals surface area contributed by atoms with Crippen LogP contribution in [0.5, 0.6) is 0 Å². The van der Waals surface area contributed by atoms with Crippen molar-refractivity contribution in [2.75, 3.05) is 11.5 Å². The Morgan fingerprint density at radius 3 is 2.32 bits per heavy atom. The normalized spacial score (nSPS) is 10.3. The van der Waals surface area contributed by atoms with Gasteiger partial charge in [-0.25, -0.2) is 14.8 Å². The smallest absolute Gasteiger partial charge is 0.341 e. The number of aromatic nitrogens is 2. The summed E-state index contributed by atoms with van der Waals surface area (Å²) in [6.45, 7) is 2.05. The summed E-state index contributed by atoms with van der Waals surface area (Å²) in [6.07, 6.45) is 2.90. The van der Waals surface area contributed by atoms with Gasteiger partial charge in [0, 0.05) is 18.1 Å². The molecule has 0 aliphatic heterocycles. The molecule has 1 aromatic heterocycles. The van der Waals surface area contributed by atoms with Crippen LogP contribution in [-0.4, -0.2) is 22.5 Å². The molecule has 0 aliphatic carbocycles. The average molecular weight is 354 g/mol. The molecule has 0 saturated carbocycles. The number of hydrogen-bond donors (Lipinski definition) is 0. The fraction of sp³-hybridized carbons (Fsp3) is 0.105. The molecule has 0 spiro atoms. The van der Waals surface area contributed by atoms with E-state index >= 15 is 0 Å². The van der Waals surface area contributed by atoms with Gasteiger partial charge >= 0.3 is 5.97 Å². The Hall–Kier alpha value is -2.92. The molecule has 0 radical (unpaired) electrons. The Morgan fingerprint density at radius 2 is 1.68 bits per heavy atom. The molecule has 0 fully saturated rings. The Bertz CT molecular complexity index is 854. The van der Waals surface area contributed by atoms with Gasteiger partial charge in [0.25, 0.3) is 0 Å². The molecular weight excluding hydrogens is 338 g/mol. The molecule has 0 N–H and O–H groups in total. The third-order valence-corrected chi connectivity index (χ3v) is 3.78. The lowest BCUT2D eigenvalue weighted by atomic mass is 10.2. The number of rotatable bonds is 5. The van der Waals surface area contributed by atoms with E-state index in [1.165, 1.54) is 12.4 Å². The van der Waals surface area contributed by atoms with Crippen LogP contribution in [-0.2, 0) is 4.74 Å². The molecule has 6 heteroatoms. The second-order valence-electron chi connectivity index (χ2n) is 5.11. The summed E-state index contributed by atoms with van der Waals surface area (Å²) < 4.78 is 4.96. The van der Waals surface area contributed by atoms with Crippen LogP contribution >= 0.6 is 11.6 Å². The first-order chi connectivity index (χ1) is 12.2. The van der Waals surface area contributed by atoms with Gasteiger partial charge in [-0.2, -0.15) is 0 Å². The molecule has 1 heterocycles. The van der Waals surface area contributed by atoms with Crippen LogP contribution in [0.1, 0.15) is 17.3 Å². The molecule has 0 saturated heterocycles. The first kappa shape index (κ1) is 16.9. The predicted molar refractivity (Wildman–Crippen MR) is 97.7 cm³/mol. The summed E-state index contributed by atoms with van der Waals surface area (Å²) in [5, 5.41) is 0.574. The number of nitrogens with zero attached hydrogens (tertiary/aromatic N) is 3. The third-order valence-electron chi connectivity index (χ3n) is 3.46. The minimum atomic E-state index is -0.446. The highest BCUT2D eigenvalue weighted by molar-refractivity contribution is 6.33. The minimum Gasteiger partial charge on any atom is -0.462 e. The van der Waals surface area contributed by atoms with Gasteiger partial charge in [0.2, 0.25) is 5.95 Å². The summed E-state index contributed by atoms with van der Waals surface area (Å²) in [4.78, 5) is 22.3. The zero-order valence-electron chi connectivity index (χ0n) is 13.6. The van der Waals surface area contributed by atoms with E-state index in [4.69, 9.17) is 16.3 Å². The molecule has 126 valence electrons. The molecule has 3 aromatic rings. The van der Waals surface area contributed by atoms with Crippen LogP contribution in [0.2, 0.25) is 5.02 Å². The quantitative estimate of drug-likeness (QED) is 0.618. The maximum absolute atomic E-state index is 11.8. The molecule has 25 heavy (non-hydrogen) atoms. The van der Waals surface area contributed by atoms with Gasteiger partial charge < -0.3 is 4.74 Å². The fourth-order valence-electron chi connectivity index (χ4n) is 2.33. The standard InChI is InChI=1S/C19H16ClN3O2/c1-2-25-18(24)14-12-21-19(22-13-14)23(15-8-4-3-5-9-15)17-11-7-6-10-16(17)20/h3-13H,2H2,1H3. The topological polar surface area (TPSA) is 55.3 Å². The number of ether oxygens (including phenoxy) is 1. The van der Waals surface area contributed by atoms with Crippen molar-refractivity contribution in [2.24, 2.45) is 0 Å². The highest BCUT2D eigenvalue weighted by Crippen LogP contribution is 2.36. The number of esters is 1. The number of benzene rings is 2. The SMILES string of the molecule is CCOC(=O)c1cnc(N(c2ccccc2)c2ccccc2Cl)nc1. The van der Waals surface area contributed by atoms with E-state index in [1.54, 1.807) is 13.0 Å². The van der Waals surface area contributed by atoms with E-state index in [0.717, 1.165) is 11.4 Å². The van der Waals surface area contributed by atoms with Crippen molar-refractivity contribution < 1.29 is 9.53 Å². The zero-order valence-corrected chi connectivity index (χ0v) is 14.3. The van der Waals surface area contributed by atoms with Crippen LogP contribution in [0.3, 0.4) is 0 Å². The van der Waals surface area contributed by atoms with Crippen molar-refractivity contribution in [3.63, 3.8) is 0 Å². The second kappa shape index (κ2) is 7.77. The number of anilines is 3. The number of hydrogen-bond acceptors (Lipinski definition) is 5. The predicted octanol–water partition coefficient (Wildman–Crippen LogP) is 4.78. The Balaban J connectivity index is 2.04. The molecule has 2 aromatic carbocycles. The van der Waals surface area contributed by atoms with Crippen LogP contribution in [0.15, 0.2) is 67.0 Å². The lowest BCUT2D eigenvalue weighted by Gasteiger charge is -2.23. The summed E-state index contributed by atoms with van der Waals surface area (Å²) in [5.41, 5.74) is 1.91. The van der Waals surface area contributed by atoms with Crippen molar-refractivity contribution in [1.29, 1.82) is 0 Å². The van der Waals surface area contributed by atoms with E-state index in [2.05, 4.69) is 9.97 Å². The second-order valence-corrected chi connectivity index (χ2v) is 5.52. The molecule has 0 unspecified atom stereocenters. The van der Waals surface area contributed by atoms with Crippen molar-refractivity contribution in [1.82, 2.24) is 9.97 Å². The lowest BCUT2D eigenvalue weighted by Crippen LogP contribution is -2.15. The minimum absolute atomic E-state index is 0.302. The van der Waals surface area contributed by atoms with Gasteiger partial charge in [0.15, 0.2) is 0 Å². The number of halogens is 1. The number of para-hydroxylation sites is 2. The van der Waals surface area contributed by atoms with Gasteiger partial charge in [0.1, 0.15) is 0 Å². The van der Waals surface area contributed by atoms with Crippen LogP contribution in [0.25, 0.3) is 0 Å². The van der Waals surface area contributed by atoms with Crippen LogP contribution < -0.4 is 4.90 Å². The van der Waals surface area contributed by atoms with E-state index in [0.29, 0.717) is 23.1 Å². The largest absolute Gasteiger partial charge is 0.462 e. The third kappa shape index (κ3) is 3.78. The molecule has 0 amide bonds. The van der Waals surface area contributed by atoms with Crippen molar-refractivity contribution in [2.45, 2.75) is 6.92 Å². The summed E-state index contributed by atoms with van der Waals surface area (Å²) in [7, 11) is 0.